The number of hydrogen-bond donors (Lipinski definition) is 1. The number of pyridine rings is 1. The van der Waals surface area contributed by atoms with Crippen LogP contribution in [0.4, 0.5) is 21.2 Å². The monoisotopic (exact) mass is 1470 g/mol. The minimum absolute atomic E-state index is 0.110. The molecule has 20 nitrogen and oxygen atoms in total. The first kappa shape index (κ1) is 74.7. The molecule has 0 spiro atoms. The number of fused-ring (bicyclic) bond motifs is 6. The third-order valence-corrected chi connectivity index (χ3v) is 25.3. The largest absolute Gasteiger partial charge is 0.444 e. The summed E-state index contributed by atoms with van der Waals surface area (Å²) in [5.74, 6) is 2.23. The molecule has 6 atom stereocenters. The number of piperidine rings is 2. The van der Waals surface area contributed by atoms with Gasteiger partial charge in [0.15, 0.2) is 11.3 Å². The standard InChI is InChI=1S/C38H62N6O5Si2.C30H52IN5O4Si2/c1-37(2,3)49-36(45)43-29-13-14-30(43)21-28(20-29)32-22-34(42(25-47-16-18-50(6,7)8)26-48-17-19-51(9,10)11)44-35(41-32)31(24-40-44)27-12-15-33(39-23-27)38(4,5)46;1-30(2,3)40-29(37)35-23-10-11-24(35)17-22(16-23)26-18-27(36-28(33-26)25(31)19-32-36)34(20-38-12-14-41(4,5)6)21-39-13-15-42(7,8)9/h12,15,22-24,28-30,46H,13-14,16-21,25-26H2,1-11H3;18-19,22-24H,10-17,20-21H2,1-9H3/t28?,29-,30+;22?,23-,24+. The van der Waals surface area contributed by atoms with Crippen LogP contribution in [0.2, 0.25) is 103 Å². The van der Waals surface area contributed by atoms with Gasteiger partial charge in [0, 0.05) is 136 Å². The number of hydrogen-bond acceptors (Lipinski definition) is 16. The van der Waals surface area contributed by atoms with E-state index < -0.39 is 49.1 Å². The Hall–Kier alpha value is -4.07. The number of nitrogens with zero attached hydrogens (tertiary/aromatic N) is 11. The minimum Gasteiger partial charge on any atom is -0.444 e. The van der Waals surface area contributed by atoms with Crippen molar-refractivity contribution in [3.05, 3.63) is 63.5 Å². The SMILES string of the molecule is CC(C)(C)OC(=O)N1[C@@H]2CC[C@H]1CC(c1cc(N(COCC[Si](C)(C)C)COCC[Si](C)(C)C)n3ncc(-c4ccc(C(C)(C)O)nc4)c3n1)C2.CC(C)(C)OC(=O)N1[C@@H]2CC[C@H]1CC(c1cc(N(COCC[Si](C)(C)C)COCC[Si](C)(C)C)n3ncc(I)c3n1)C2. The first-order valence-corrected chi connectivity index (χ1v) is 50.1. The predicted molar refractivity (Wildman–Crippen MR) is 392 cm³/mol. The predicted octanol–water partition coefficient (Wildman–Crippen LogP) is 15.5. The molecule has 93 heavy (non-hydrogen) atoms. The Morgan fingerprint density at radius 2 is 0.892 bits per heavy atom. The van der Waals surface area contributed by atoms with E-state index in [-0.39, 0.29) is 48.2 Å². The van der Waals surface area contributed by atoms with Crippen LogP contribution >= 0.6 is 22.6 Å². The van der Waals surface area contributed by atoms with Gasteiger partial charge in [0.1, 0.15) is 55.4 Å². The van der Waals surface area contributed by atoms with E-state index in [1.807, 2.05) is 84.9 Å². The fourth-order valence-electron chi connectivity index (χ4n) is 12.5. The zero-order valence-corrected chi connectivity index (χ0v) is 66.3. The van der Waals surface area contributed by atoms with E-state index in [9.17, 15) is 14.7 Å². The topological polar surface area (TPSA) is 196 Å². The molecule has 5 aromatic rings. The molecule has 4 saturated heterocycles. The van der Waals surface area contributed by atoms with Crippen LogP contribution in [-0.2, 0) is 34.0 Å². The van der Waals surface area contributed by atoms with Crippen LogP contribution in [0.25, 0.3) is 22.4 Å². The number of carbonyl (C=O) groups excluding carboxylic acids is 2. The van der Waals surface area contributed by atoms with Gasteiger partial charge in [-0.25, -0.2) is 19.6 Å². The van der Waals surface area contributed by atoms with Gasteiger partial charge in [0.05, 0.1) is 21.7 Å². The Balaban J connectivity index is 0.000000244. The number of aliphatic hydroxyl groups is 1. The van der Waals surface area contributed by atoms with Crippen molar-refractivity contribution < 1.29 is 43.1 Å². The lowest BCUT2D eigenvalue weighted by atomic mass is 9.88. The fraction of sp³-hybridized carbons (Fsp3) is 0.721. The number of ether oxygens (including phenoxy) is 6. The molecule has 4 aliphatic rings. The van der Waals surface area contributed by atoms with Crippen LogP contribution in [0.15, 0.2) is 42.9 Å². The lowest BCUT2D eigenvalue weighted by molar-refractivity contribution is 0.00459. The maximum Gasteiger partial charge on any atom is 0.410 e. The Morgan fingerprint density at radius 3 is 1.23 bits per heavy atom. The molecule has 0 saturated carbocycles. The molecule has 2 unspecified atom stereocenters. The number of halogens is 1. The van der Waals surface area contributed by atoms with Crippen LogP contribution < -0.4 is 9.80 Å². The third kappa shape index (κ3) is 21.5. The van der Waals surface area contributed by atoms with Crippen molar-refractivity contribution in [2.24, 2.45) is 0 Å². The van der Waals surface area contributed by atoms with Gasteiger partial charge in [-0.15, -0.1) is 0 Å². The van der Waals surface area contributed by atoms with Crippen molar-refractivity contribution >= 4 is 90.0 Å². The van der Waals surface area contributed by atoms with Gasteiger partial charge in [-0.1, -0.05) is 84.6 Å². The lowest BCUT2D eigenvalue weighted by Gasteiger charge is -2.39. The summed E-state index contributed by atoms with van der Waals surface area (Å²) in [6, 6.07) is 13.2. The summed E-state index contributed by atoms with van der Waals surface area (Å²) in [6.45, 7) is 47.9. The molecular formula is C68H114IN11O9Si4. The number of amides is 2. The molecule has 0 aliphatic carbocycles. The number of rotatable bonds is 26. The molecule has 4 fully saturated rings. The Morgan fingerprint density at radius 1 is 0.538 bits per heavy atom. The van der Waals surface area contributed by atoms with Crippen molar-refractivity contribution in [2.45, 2.75) is 262 Å². The number of anilines is 2. The Labute approximate surface area is 573 Å². The summed E-state index contributed by atoms with van der Waals surface area (Å²) in [5, 5.41) is 20.1. The van der Waals surface area contributed by atoms with E-state index in [2.05, 4.69) is 128 Å². The molecule has 2 amide bonds. The highest BCUT2D eigenvalue weighted by Crippen LogP contribution is 2.46. The summed E-state index contributed by atoms with van der Waals surface area (Å²) >= 11 is 2.33. The third-order valence-electron chi connectivity index (χ3n) is 17.7. The van der Waals surface area contributed by atoms with E-state index in [0.29, 0.717) is 45.8 Å². The van der Waals surface area contributed by atoms with Crippen molar-refractivity contribution in [1.29, 1.82) is 0 Å². The van der Waals surface area contributed by atoms with E-state index in [0.717, 1.165) is 138 Å². The van der Waals surface area contributed by atoms with Crippen molar-refractivity contribution in [3.63, 3.8) is 0 Å². The minimum atomic E-state index is -1.28. The Bertz CT molecular complexity index is 3220. The van der Waals surface area contributed by atoms with E-state index >= 15 is 0 Å². The summed E-state index contributed by atoms with van der Waals surface area (Å²) < 4.78 is 41.7. The quantitative estimate of drug-likeness (QED) is 0.0237. The highest BCUT2D eigenvalue weighted by Gasteiger charge is 2.47. The zero-order valence-electron chi connectivity index (χ0n) is 60.2. The maximum atomic E-state index is 13.3. The first-order chi connectivity index (χ1) is 43.2. The number of carbonyl (C=O) groups is 2. The van der Waals surface area contributed by atoms with Crippen molar-refractivity contribution in [1.82, 2.24) is 44.0 Å². The van der Waals surface area contributed by atoms with Gasteiger partial charge >= 0.3 is 12.2 Å². The molecule has 1 N–H and O–H groups in total. The highest BCUT2D eigenvalue weighted by atomic mass is 127. The maximum absolute atomic E-state index is 13.3. The molecule has 9 rings (SSSR count). The van der Waals surface area contributed by atoms with Gasteiger partial charge in [-0.3, -0.25) is 4.98 Å². The molecule has 0 aromatic carbocycles. The van der Waals surface area contributed by atoms with Gasteiger partial charge in [0.2, 0.25) is 0 Å². The summed E-state index contributed by atoms with van der Waals surface area (Å²) in [4.78, 5) is 49.7. The van der Waals surface area contributed by atoms with Crippen LogP contribution in [0, 0.1) is 3.57 Å². The first-order valence-electron chi connectivity index (χ1n) is 34.1. The van der Waals surface area contributed by atoms with Crippen LogP contribution in [0.5, 0.6) is 0 Å². The Kier molecular flexibility index (Phi) is 24.4. The second-order valence-electron chi connectivity index (χ2n) is 33.9. The van der Waals surface area contributed by atoms with Gasteiger partial charge in [-0.05, 0) is 160 Å². The van der Waals surface area contributed by atoms with E-state index in [1.54, 1.807) is 20.0 Å². The van der Waals surface area contributed by atoms with Crippen molar-refractivity contribution in [3.8, 4) is 11.1 Å². The molecular weight excluding hydrogens is 1350 g/mol. The molecule has 25 heteroatoms. The summed E-state index contributed by atoms with van der Waals surface area (Å²) in [5.41, 5.74) is 3.89. The van der Waals surface area contributed by atoms with Crippen LogP contribution in [0.3, 0.4) is 0 Å². The normalized spacial score (nSPS) is 20.5. The van der Waals surface area contributed by atoms with Gasteiger partial charge in [-0.2, -0.15) is 19.2 Å². The van der Waals surface area contributed by atoms with Crippen molar-refractivity contribution in [2.75, 3.05) is 63.2 Å². The second kappa shape index (κ2) is 30.4. The highest BCUT2D eigenvalue weighted by molar-refractivity contribution is 14.1. The molecule has 4 aliphatic heterocycles. The zero-order chi connectivity index (χ0) is 68.2. The fourth-order valence-corrected chi connectivity index (χ4v) is 16.0. The molecule has 518 valence electrons. The van der Waals surface area contributed by atoms with Gasteiger partial charge < -0.3 is 53.1 Å². The number of aromatic nitrogens is 7. The lowest BCUT2D eigenvalue weighted by Crippen LogP contribution is -2.48. The average Bonchev–Trinajstić information content (AvgIpc) is 1.70. The molecule has 0 radical (unpaired) electrons. The van der Waals surface area contributed by atoms with E-state index in [4.69, 9.17) is 48.6 Å². The molecule has 4 bridgehead atoms. The average molecular weight is 1470 g/mol. The molecule has 9 heterocycles. The van der Waals surface area contributed by atoms with Gasteiger partial charge in [0.25, 0.3) is 0 Å². The summed E-state index contributed by atoms with van der Waals surface area (Å²) in [6.07, 6.45) is 12.5. The molecule has 5 aromatic heterocycles. The second-order valence-corrected chi connectivity index (χ2v) is 57.6. The van der Waals surface area contributed by atoms with Crippen LogP contribution in [-0.4, -0.2) is 182 Å². The summed E-state index contributed by atoms with van der Waals surface area (Å²) in [7, 11) is -4.96. The van der Waals surface area contributed by atoms with E-state index in [1.165, 1.54) is 0 Å². The van der Waals surface area contributed by atoms with Crippen LogP contribution in [0.1, 0.15) is 136 Å². The smallest absolute Gasteiger partial charge is 0.410 e.